The first kappa shape index (κ1) is 12.1. The van der Waals surface area contributed by atoms with Gasteiger partial charge in [0.25, 0.3) is 0 Å². The van der Waals surface area contributed by atoms with Crippen LogP contribution in [0, 0.1) is 0 Å². The highest BCUT2D eigenvalue weighted by Gasteiger charge is 2.03. The minimum Gasteiger partial charge on any atom is -0.492 e. The molecular weight excluding hydrogens is 237 g/mol. The van der Waals surface area contributed by atoms with E-state index in [0.717, 1.165) is 5.56 Å². The summed E-state index contributed by atoms with van der Waals surface area (Å²) in [6.07, 6.45) is 0. The Morgan fingerprint density at radius 1 is 1.53 bits per heavy atom. The maximum absolute atomic E-state index is 10.5. The van der Waals surface area contributed by atoms with Gasteiger partial charge in [0.2, 0.25) is 0 Å². The van der Waals surface area contributed by atoms with E-state index in [1.807, 2.05) is 13.0 Å². The topological polar surface area (TPSA) is 38.3 Å². The van der Waals surface area contributed by atoms with Crippen molar-refractivity contribution in [3.8, 4) is 5.75 Å². The molecule has 1 aromatic rings. The molecule has 1 rings (SSSR count). The molecule has 0 saturated carbocycles. The van der Waals surface area contributed by atoms with Gasteiger partial charge in [0, 0.05) is 6.54 Å². The zero-order valence-corrected chi connectivity index (χ0v) is 9.73. The van der Waals surface area contributed by atoms with Crippen LogP contribution < -0.4 is 10.1 Å². The van der Waals surface area contributed by atoms with E-state index >= 15 is 0 Å². The van der Waals surface area contributed by atoms with Gasteiger partial charge >= 0.3 is 5.37 Å². The number of amides is 1. The fraction of sp³-hybridized carbons (Fsp3) is 0.300. The molecule has 0 fully saturated rings. The number of rotatable bonds is 4. The molecule has 0 heterocycles. The van der Waals surface area contributed by atoms with Gasteiger partial charge in [0.1, 0.15) is 5.75 Å². The standard InChI is InChI=1S/C10H11Cl2NO2/c1-2-15-9-4-3-7(5-8(9)11)6-13-10(12)14/h3-5H,2,6H2,1H3,(H,13,14). The second-order valence-electron chi connectivity index (χ2n) is 2.83. The van der Waals surface area contributed by atoms with Crippen molar-refractivity contribution in [1.29, 1.82) is 0 Å². The molecule has 0 saturated heterocycles. The summed E-state index contributed by atoms with van der Waals surface area (Å²) in [5.74, 6) is 0.639. The lowest BCUT2D eigenvalue weighted by Crippen LogP contribution is -2.15. The number of benzene rings is 1. The van der Waals surface area contributed by atoms with E-state index < -0.39 is 5.37 Å². The minimum atomic E-state index is -0.583. The van der Waals surface area contributed by atoms with E-state index in [0.29, 0.717) is 23.9 Å². The lowest BCUT2D eigenvalue weighted by molar-refractivity contribution is 0.259. The summed E-state index contributed by atoms with van der Waals surface area (Å²) >= 11 is 11.1. The van der Waals surface area contributed by atoms with Gasteiger partial charge < -0.3 is 10.1 Å². The van der Waals surface area contributed by atoms with Crippen LogP contribution in [0.25, 0.3) is 0 Å². The van der Waals surface area contributed by atoms with Crippen molar-refractivity contribution in [3.63, 3.8) is 0 Å². The van der Waals surface area contributed by atoms with E-state index in [9.17, 15) is 4.79 Å². The number of hydrogen-bond acceptors (Lipinski definition) is 2. The van der Waals surface area contributed by atoms with Gasteiger partial charge in [0.15, 0.2) is 0 Å². The van der Waals surface area contributed by atoms with Crippen molar-refractivity contribution in [3.05, 3.63) is 28.8 Å². The number of nitrogens with one attached hydrogen (secondary N) is 1. The van der Waals surface area contributed by atoms with Gasteiger partial charge in [-0.3, -0.25) is 4.79 Å². The average Bonchev–Trinajstić information content (AvgIpc) is 2.19. The molecule has 1 aromatic carbocycles. The summed E-state index contributed by atoms with van der Waals surface area (Å²) in [5.41, 5.74) is 0.873. The van der Waals surface area contributed by atoms with E-state index in [1.54, 1.807) is 12.1 Å². The van der Waals surface area contributed by atoms with Crippen LogP contribution in [0.2, 0.25) is 5.02 Å². The number of carbonyl (C=O) groups excluding carboxylic acids is 1. The predicted octanol–water partition coefficient (Wildman–Crippen LogP) is 3.19. The van der Waals surface area contributed by atoms with Crippen LogP contribution in [0.3, 0.4) is 0 Å². The normalized spacial score (nSPS) is 9.80. The third-order valence-corrected chi connectivity index (χ3v) is 2.16. The van der Waals surface area contributed by atoms with E-state index in [1.165, 1.54) is 0 Å². The minimum absolute atomic E-state index is 0.356. The van der Waals surface area contributed by atoms with Gasteiger partial charge in [0.05, 0.1) is 11.6 Å². The lowest BCUT2D eigenvalue weighted by atomic mass is 10.2. The molecule has 0 aliphatic carbocycles. The highest BCUT2D eigenvalue weighted by Crippen LogP contribution is 2.25. The van der Waals surface area contributed by atoms with Crippen LogP contribution in [-0.2, 0) is 6.54 Å². The van der Waals surface area contributed by atoms with Crippen LogP contribution in [0.15, 0.2) is 18.2 Å². The molecule has 1 amide bonds. The smallest absolute Gasteiger partial charge is 0.314 e. The number of ether oxygens (including phenoxy) is 1. The molecule has 0 aliphatic heterocycles. The SMILES string of the molecule is CCOc1ccc(CNC(=O)Cl)cc1Cl. The lowest BCUT2D eigenvalue weighted by Gasteiger charge is -2.07. The number of halogens is 2. The van der Waals surface area contributed by atoms with Gasteiger partial charge in [-0.15, -0.1) is 0 Å². The molecule has 5 heteroatoms. The van der Waals surface area contributed by atoms with E-state index in [4.69, 9.17) is 27.9 Å². The van der Waals surface area contributed by atoms with Crippen molar-refractivity contribution in [1.82, 2.24) is 5.32 Å². The van der Waals surface area contributed by atoms with E-state index in [2.05, 4.69) is 5.32 Å². The molecule has 0 aromatic heterocycles. The molecule has 82 valence electrons. The van der Waals surface area contributed by atoms with Crippen LogP contribution in [0.5, 0.6) is 5.75 Å². The summed E-state index contributed by atoms with van der Waals surface area (Å²) in [6.45, 7) is 2.81. The average molecular weight is 248 g/mol. The first-order valence-electron chi connectivity index (χ1n) is 4.48. The summed E-state index contributed by atoms with van der Waals surface area (Å²) in [4.78, 5) is 10.5. The molecule has 0 spiro atoms. The van der Waals surface area contributed by atoms with Gasteiger partial charge in [-0.25, -0.2) is 0 Å². The summed E-state index contributed by atoms with van der Waals surface area (Å²) < 4.78 is 5.27. The van der Waals surface area contributed by atoms with Gasteiger partial charge in [-0.05, 0) is 36.2 Å². The fourth-order valence-electron chi connectivity index (χ4n) is 1.10. The van der Waals surface area contributed by atoms with Crippen LogP contribution in [-0.4, -0.2) is 12.0 Å². The summed E-state index contributed by atoms with van der Waals surface area (Å²) in [7, 11) is 0. The number of hydrogen-bond donors (Lipinski definition) is 1. The maximum atomic E-state index is 10.5. The monoisotopic (exact) mass is 247 g/mol. The molecule has 0 unspecified atom stereocenters. The quantitative estimate of drug-likeness (QED) is 0.656. The zero-order chi connectivity index (χ0) is 11.3. The Labute approximate surface area is 98.3 Å². The highest BCUT2D eigenvalue weighted by molar-refractivity contribution is 6.62. The molecule has 0 aliphatic rings. The van der Waals surface area contributed by atoms with E-state index in [-0.39, 0.29) is 0 Å². The molecule has 3 nitrogen and oxygen atoms in total. The van der Waals surface area contributed by atoms with Crippen molar-refractivity contribution in [2.45, 2.75) is 13.5 Å². The Morgan fingerprint density at radius 2 is 2.27 bits per heavy atom. The van der Waals surface area contributed by atoms with Crippen molar-refractivity contribution < 1.29 is 9.53 Å². The van der Waals surface area contributed by atoms with Crippen LogP contribution in [0.4, 0.5) is 4.79 Å². The predicted molar refractivity (Wildman–Crippen MR) is 60.7 cm³/mol. The van der Waals surface area contributed by atoms with Crippen LogP contribution in [0.1, 0.15) is 12.5 Å². The third kappa shape index (κ3) is 3.98. The van der Waals surface area contributed by atoms with Gasteiger partial charge in [-0.2, -0.15) is 0 Å². The molecular formula is C10H11Cl2NO2. The Hall–Kier alpha value is -0.930. The largest absolute Gasteiger partial charge is 0.492 e. The van der Waals surface area contributed by atoms with Crippen LogP contribution >= 0.6 is 23.2 Å². The zero-order valence-electron chi connectivity index (χ0n) is 8.22. The van der Waals surface area contributed by atoms with Gasteiger partial charge in [-0.1, -0.05) is 17.7 Å². The van der Waals surface area contributed by atoms with Crippen molar-refractivity contribution in [2.75, 3.05) is 6.61 Å². The second kappa shape index (κ2) is 5.83. The molecule has 1 N–H and O–H groups in total. The fourth-order valence-corrected chi connectivity index (χ4v) is 1.42. The Morgan fingerprint density at radius 3 is 2.80 bits per heavy atom. The molecule has 0 atom stereocenters. The van der Waals surface area contributed by atoms with Crippen molar-refractivity contribution in [2.24, 2.45) is 0 Å². The third-order valence-electron chi connectivity index (χ3n) is 1.73. The number of carbonyl (C=O) groups is 1. The highest BCUT2D eigenvalue weighted by atomic mass is 35.5. The van der Waals surface area contributed by atoms with Crippen molar-refractivity contribution >= 4 is 28.6 Å². The first-order valence-corrected chi connectivity index (χ1v) is 5.23. The molecule has 15 heavy (non-hydrogen) atoms. The Bertz CT molecular complexity index is 355. The summed E-state index contributed by atoms with van der Waals surface area (Å²) in [5, 5.41) is 2.41. The molecule has 0 bridgehead atoms. The second-order valence-corrected chi connectivity index (χ2v) is 3.58. The summed E-state index contributed by atoms with van der Waals surface area (Å²) in [6, 6.07) is 5.32. The first-order chi connectivity index (χ1) is 7.13. The Balaban J connectivity index is 2.68. The molecule has 0 radical (unpaired) electrons. The maximum Gasteiger partial charge on any atom is 0.314 e. The Kier molecular flexibility index (Phi) is 4.72.